The van der Waals surface area contributed by atoms with Crippen molar-refractivity contribution in [2.75, 3.05) is 5.73 Å². The Labute approximate surface area is 116 Å². The average molecular weight is 273 g/mol. The molecule has 3 aromatic rings. The number of nitrogen functional groups attached to an aromatic ring is 1. The van der Waals surface area contributed by atoms with Crippen molar-refractivity contribution in [3.05, 3.63) is 59.2 Å². The number of halogens is 1. The van der Waals surface area contributed by atoms with Crippen molar-refractivity contribution in [3.8, 4) is 5.75 Å². The molecule has 3 rings (SSSR count). The minimum Gasteiger partial charge on any atom is -0.486 e. The maximum Gasteiger partial charge on any atom is 0.138 e. The van der Waals surface area contributed by atoms with E-state index in [-0.39, 0.29) is 0 Å². The Morgan fingerprint density at radius 3 is 2.79 bits per heavy atom. The van der Waals surface area contributed by atoms with Crippen molar-refractivity contribution in [3.63, 3.8) is 0 Å². The van der Waals surface area contributed by atoms with Gasteiger partial charge in [-0.15, -0.1) is 0 Å². The number of aromatic nitrogens is 1. The first-order valence-electron chi connectivity index (χ1n) is 5.97. The van der Waals surface area contributed by atoms with Crippen LogP contribution >= 0.6 is 11.6 Å². The number of para-hydroxylation sites is 1. The Bertz CT molecular complexity index is 721. The Balaban J connectivity index is 1.80. The number of benzene rings is 2. The van der Waals surface area contributed by atoms with E-state index in [2.05, 4.69) is 4.98 Å². The number of hydrogen-bond donors (Lipinski definition) is 2. The summed E-state index contributed by atoms with van der Waals surface area (Å²) in [6.45, 7) is 0.443. The number of ether oxygens (including phenoxy) is 1. The van der Waals surface area contributed by atoms with E-state index in [1.807, 2.05) is 48.5 Å². The zero-order chi connectivity index (χ0) is 13.2. The summed E-state index contributed by atoms with van der Waals surface area (Å²) in [6.07, 6.45) is 0. The van der Waals surface area contributed by atoms with Gasteiger partial charge in [-0.05, 0) is 36.4 Å². The number of fused-ring (bicyclic) bond motifs is 1. The summed E-state index contributed by atoms with van der Waals surface area (Å²) in [5, 5.41) is 1.70. The summed E-state index contributed by atoms with van der Waals surface area (Å²) in [7, 11) is 0. The topological polar surface area (TPSA) is 51.0 Å². The van der Waals surface area contributed by atoms with E-state index in [1.165, 1.54) is 0 Å². The SMILES string of the molecule is Nc1ccc2[nH]c(COc3ccccc3Cl)cc2c1. The van der Waals surface area contributed by atoms with Crippen LogP contribution in [0.2, 0.25) is 5.02 Å². The Morgan fingerprint density at radius 1 is 1.11 bits per heavy atom. The van der Waals surface area contributed by atoms with Gasteiger partial charge in [0.2, 0.25) is 0 Å². The van der Waals surface area contributed by atoms with E-state index in [9.17, 15) is 0 Å². The third-order valence-corrected chi connectivity index (χ3v) is 3.23. The predicted molar refractivity (Wildman–Crippen MR) is 78.5 cm³/mol. The molecule has 4 heteroatoms. The number of hydrogen-bond acceptors (Lipinski definition) is 2. The minimum absolute atomic E-state index is 0.443. The van der Waals surface area contributed by atoms with E-state index in [0.717, 1.165) is 22.3 Å². The van der Waals surface area contributed by atoms with Gasteiger partial charge in [-0.1, -0.05) is 23.7 Å². The fourth-order valence-corrected chi connectivity index (χ4v) is 2.20. The van der Waals surface area contributed by atoms with Crippen molar-refractivity contribution in [1.82, 2.24) is 4.98 Å². The van der Waals surface area contributed by atoms with E-state index in [4.69, 9.17) is 22.1 Å². The highest BCUT2D eigenvalue weighted by molar-refractivity contribution is 6.32. The summed E-state index contributed by atoms with van der Waals surface area (Å²) >= 11 is 6.04. The molecule has 0 atom stereocenters. The molecule has 1 heterocycles. The lowest BCUT2D eigenvalue weighted by molar-refractivity contribution is 0.302. The van der Waals surface area contributed by atoms with E-state index < -0.39 is 0 Å². The lowest BCUT2D eigenvalue weighted by atomic mass is 10.2. The zero-order valence-electron chi connectivity index (χ0n) is 10.2. The standard InChI is InChI=1S/C15H13ClN2O/c16-13-3-1-2-4-15(13)19-9-12-8-10-7-11(17)5-6-14(10)18-12/h1-8,18H,9,17H2. The van der Waals surface area contributed by atoms with Crippen molar-refractivity contribution < 1.29 is 4.74 Å². The fraction of sp³-hybridized carbons (Fsp3) is 0.0667. The van der Waals surface area contributed by atoms with Crippen LogP contribution in [0.1, 0.15) is 5.69 Å². The molecule has 0 bridgehead atoms. The highest BCUT2D eigenvalue weighted by Crippen LogP contribution is 2.25. The molecule has 96 valence electrons. The Hall–Kier alpha value is -2.13. The number of H-pyrrole nitrogens is 1. The molecule has 0 amide bonds. The van der Waals surface area contributed by atoms with Gasteiger partial charge < -0.3 is 15.5 Å². The van der Waals surface area contributed by atoms with Gasteiger partial charge in [0, 0.05) is 16.6 Å². The number of nitrogens with one attached hydrogen (secondary N) is 1. The molecule has 0 radical (unpaired) electrons. The molecule has 0 saturated carbocycles. The number of rotatable bonds is 3. The number of nitrogens with two attached hydrogens (primary N) is 1. The maximum atomic E-state index is 6.04. The van der Waals surface area contributed by atoms with Gasteiger partial charge in [0.1, 0.15) is 12.4 Å². The second-order valence-corrected chi connectivity index (χ2v) is 4.77. The monoisotopic (exact) mass is 272 g/mol. The molecule has 0 aliphatic carbocycles. The van der Waals surface area contributed by atoms with Crippen molar-refractivity contribution >= 4 is 28.2 Å². The molecule has 0 fully saturated rings. The van der Waals surface area contributed by atoms with E-state index in [0.29, 0.717) is 17.4 Å². The van der Waals surface area contributed by atoms with Crippen molar-refractivity contribution in [2.45, 2.75) is 6.61 Å². The maximum absolute atomic E-state index is 6.04. The van der Waals surface area contributed by atoms with Gasteiger partial charge in [0.25, 0.3) is 0 Å². The highest BCUT2D eigenvalue weighted by Gasteiger charge is 2.04. The molecule has 19 heavy (non-hydrogen) atoms. The van der Waals surface area contributed by atoms with Crippen LogP contribution in [0.3, 0.4) is 0 Å². The first kappa shape index (κ1) is 11.9. The lowest BCUT2D eigenvalue weighted by Crippen LogP contribution is -1.95. The lowest BCUT2D eigenvalue weighted by Gasteiger charge is -2.05. The molecule has 3 nitrogen and oxygen atoms in total. The molecule has 0 unspecified atom stereocenters. The second kappa shape index (κ2) is 4.86. The van der Waals surface area contributed by atoms with Gasteiger partial charge >= 0.3 is 0 Å². The van der Waals surface area contributed by atoms with Crippen LogP contribution in [0.15, 0.2) is 48.5 Å². The highest BCUT2D eigenvalue weighted by atomic mass is 35.5. The van der Waals surface area contributed by atoms with Gasteiger partial charge in [0.05, 0.1) is 10.7 Å². The molecular formula is C15H13ClN2O. The third kappa shape index (κ3) is 2.51. The van der Waals surface area contributed by atoms with Crippen LogP contribution in [0.4, 0.5) is 5.69 Å². The number of anilines is 1. The summed E-state index contributed by atoms with van der Waals surface area (Å²) in [5.74, 6) is 0.683. The molecule has 0 saturated heterocycles. The molecule has 0 aliphatic heterocycles. The van der Waals surface area contributed by atoms with E-state index in [1.54, 1.807) is 0 Å². The second-order valence-electron chi connectivity index (χ2n) is 4.36. The Morgan fingerprint density at radius 2 is 1.95 bits per heavy atom. The summed E-state index contributed by atoms with van der Waals surface area (Å²) in [5.41, 5.74) is 8.54. The molecule has 3 N–H and O–H groups in total. The van der Waals surface area contributed by atoms with Gasteiger partial charge in [-0.3, -0.25) is 0 Å². The summed E-state index contributed by atoms with van der Waals surface area (Å²) in [4.78, 5) is 3.29. The molecular weight excluding hydrogens is 260 g/mol. The predicted octanol–water partition coefficient (Wildman–Crippen LogP) is 3.98. The largest absolute Gasteiger partial charge is 0.486 e. The van der Waals surface area contributed by atoms with Crippen LogP contribution in [0, 0.1) is 0 Å². The zero-order valence-corrected chi connectivity index (χ0v) is 10.9. The molecule has 2 aromatic carbocycles. The smallest absolute Gasteiger partial charge is 0.138 e. The van der Waals surface area contributed by atoms with Crippen LogP contribution < -0.4 is 10.5 Å². The molecule has 1 aromatic heterocycles. The minimum atomic E-state index is 0.443. The van der Waals surface area contributed by atoms with Crippen molar-refractivity contribution in [1.29, 1.82) is 0 Å². The van der Waals surface area contributed by atoms with Crippen LogP contribution in [-0.2, 0) is 6.61 Å². The van der Waals surface area contributed by atoms with Gasteiger partial charge in [0.15, 0.2) is 0 Å². The van der Waals surface area contributed by atoms with Crippen LogP contribution in [0.5, 0.6) is 5.75 Å². The quantitative estimate of drug-likeness (QED) is 0.709. The van der Waals surface area contributed by atoms with Crippen molar-refractivity contribution in [2.24, 2.45) is 0 Å². The Kier molecular flexibility index (Phi) is 3.05. The summed E-state index contributed by atoms with van der Waals surface area (Å²) < 4.78 is 5.69. The summed E-state index contributed by atoms with van der Waals surface area (Å²) in [6, 6.07) is 15.2. The molecule has 0 aliphatic rings. The van der Waals surface area contributed by atoms with Gasteiger partial charge in [-0.2, -0.15) is 0 Å². The average Bonchev–Trinajstić information content (AvgIpc) is 2.79. The van der Waals surface area contributed by atoms with Crippen LogP contribution in [-0.4, -0.2) is 4.98 Å². The number of aromatic amines is 1. The first-order valence-corrected chi connectivity index (χ1v) is 6.34. The normalized spacial score (nSPS) is 10.8. The fourth-order valence-electron chi connectivity index (χ4n) is 2.01. The third-order valence-electron chi connectivity index (χ3n) is 2.92. The van der Waals surface area contributed by atoms with Crippen LogP contribution in [0.25, 0.3) is 10.9 Å². The van der Waals surface area contributed by atoms with E-state index >= 15 is 0 Å². The van der Waals surface area contributed by atoms with Gasteiger partial charge in [-0.25, -0.2) is 0 Å². The molecule has 0 spiro atoms. The first-order chi connectivity index (χ1) is 9.22.